The van der Waals surface area contributed by atoms with E-state index in [1.807, 2.05) is 18.2 Å². The molecule has 0 radical (unpaired) electrons. The second-order valence-electron chi connectivity index (χ2n) is 6.43. The molecular weight excluding hydrogens is 320 g/mol. The van der Waals surface area contributed by atoms with Gasteiger partial charge >= 0.3 is 6.03 Å². The fourth-order valence-electron chi connectivity index (χ4n) is 3.66. The molecule has 2 bridgehead atoms. The Balaban J connectivity index is 1.76. The topological polar surface area (TPSA) is 85.5 Å². The maximum absolute atomic E-state index is 12.6. The van der Waals surface area contributed by atoms with Crippen LogP contribution < -0.4 is 5.32 Å². The van der Waals surface area contributed by atoms with E-state index in [4.69, 9.17) is 0 Å². The average Bonchev–Trinajstić information content (AvgIpc) is 3.00. The van der Waals surface area contributed by atoms with Crippen LogP contribution in [0.25, 0.3) is 10.9 Å². The van der Waals surface area contributed by atoms with Gasteiger partial charge in [0.2, 0.25) is 11.8 Å². The van der Waals surface area contributed by atoms with Crippen LogP contribution in [-0.2, 0) is 22.7 Å². The van der Waals surface area contributed by atoms with Gasteiger partial charge in [-0.3, -0.25) is 14.5 Å². The highest BCUT2D eigenvalue weighted by Gasteiger charge is 2.43. The summed E-state index contributed by atoms with van der Waals surface area (Å²) in [7, 11) is 1.53. The van der Waals surface area contributed by atoms with E-state index in [0.717, 1.165) is 27.7 Å². The van der Waals surface area contributed by atoms with Crippen LogP contribution in [0.4, 0.5) is 4.79 Å². The zero-order valence-corrected chi connectivity index (χ0v) is 13.8. The van der Waals surface area contributed by atoms with Gasteiger partial charge in [0.15, 0.2) is 0 Å². The number of fused-ring (bicyclic) bond motifs is 6. The first-order valence-corrected chi connectivity index (χ1v) is 8.09. The average molecular weight is 338 g/mol. The first kappa shape index (κ1) is 15.4. The number of nitrogens with one attached hydrogen (secondary N) is 2. The summed E-state index contributed by atoms with van der Waals surface area (Å²) in [5, 5.41) is 3.73. The van der Waals surface area contributed by atoms with Crippen molar-refractivity contribution < 1.29 is 14.4 Å². The van der Waals surface area contributed by atoms with Gasteiger partial charge in [-0.2, -0.15) is 0 Å². The molecule has 0 aliphatic carbocycles. The number of aromatic nitrogens is 1. The van der Waals surface area contributed by atoms with Crippen LogP contribution >= 0.6 is 0 Å². The quantitative estimate of drug-likeness (QED) is 0.831. The standard InChI is InChI=1S/C18H18N4O3/c1-3-15(23)19-7-10-4-5-13-11(6-10)16-12-8-22(9-14(16)20-13)18(25)21(2)17(12)24/h3-6,12,20H,1,7-9H2,2H3,(H,19,23)/t12-/m1/s1. The van der Waals surface area contributed by atoms with Crippen LogP contribution in [0.1, 0.15) is 22.7 Å². The second kappa shape index (κ2) is 5.47. The Kier molecular flexibility index (Phi) is 3.38. The molecule has 3 heterocycles. The molecule has 4 amide bonds. The van der Waals surface area contributed by atoms with Crippen molar-refractivity contribution in [2.75, 3.05) is 13.6 Å². The summed E-state index contributed by atoms with van der Waals surface area (Å²) in [5.74, 6) is -0.749. The van der Waals surface area contributed by atoms with Crippen molar-refractivity contribution in [3.05, 3.63) is 47.7 Å². The summed E-state index contributed by atoms with van der Waals surface area (Å²) < 4.78 is 0. The number of rotatable bonds is 3. The molecule has 0 unspecified atom stereocenters. The molecule has 128 valence electrons. The van der Waals surface area contributed by atoms with Crippen LogP contribution in [-0.4, -0.2) is 46.2 Å². The lowest BCUT2D eigenvalue weighted by Crippen LogP contribution is -2.55. The number of H-pyrrole nitrogens is 1. The number of carbonyl (C=O) groups excluding carboxylic acids is 3. The third-order valence-corrected chi connectivity index (χ3v) is 4.92. The molecule has 2 aliphatic heterocycles. The molecule has 4 rings (SSSR count). The number of imide groups is 1. The van der Waals surface area contributed by atoms with E-state index in [-0.39, 0.29) is 23.8 Å². The van der Waals surface area contributed by atoms with Crippen molar-refractivity contribution in [3.8, 4) is 0 Å². The van der Waals surface area contributed by atoms with Crippen LogP contribution in [0.3, 0.4) is 0 Å². The van der Waals surface area contributed by atoms with Gasteiger partial charge < -0.3 is 15.2 Å². The third kappa shape index (κ3) is 2.31. The number of carbonyl (C=O) groups is 3. The SMILES string of the molecule is C=CC(=O)NCc1ccc2[nH]c3c(c2c1)[C@H]1CN(C3)C(=O)N(C)C1=O. The van der Waals surface area contributed by atoms with Crippen LogP contribution in [0.15, 0.2) is 30.9 Å². The van der Waals surface area contributed by atoms with Gasteiger partial charge in [0, 0.05) is 36.7 Å². The van der Waals surface area contributed by atoms with Gasteiger partial charge in [-0.1, -0.05) is 12.6 Å². The first-order chi connectivity index (χ1) is 12.0. The van der Waals surface area contributed by atoms with E-state index < -0.39 is 0 Å². The smallest absolute Gasteiger partial charge is 0.326 e. The first-order valence-electron chi connectivity index (χ1n) is 8.09. The molecule has 0 saturated carbocycles. The summed E-state index contributed by atoms with van der Waals surface area (Å²) in [6.45, 7) is 4.72. The molecule has 0 spiro atoms. The van der Waals surface area contributed by atoms with Gasteiger partial charge in [-0.15, -0.1) is 0 Å². The molecule has 7 heteroatoms. The van der Waals surface area contributed by atoms with Gasteiger partial charge in [-0.05, 0) is 29.3 Å². The second-order valence-corrected chi connectivity index (χ2v) is 6.43. The van der Waals surface area contributed by atoms with Gasteiger partial charge in [-0.25, -0.2) is 4.79 Å². The number of benzene rings is 1. The lowest BCUT2D eigenvalue weighted by Gasteiger charge is -2.40. The number of aromatic amines is 1. The van der Waals surface area contributed by atoms with Crippen LogP contribution in [0, 0.1) is 0 Å². The van der Waals surface area contributed by atoms with Crippen LogP contribution in [0.5, 0.6) is 0 Å². The normalized spacial score (nSPS) is 19.2. The van der Waals surface area contributed by atoms with Crippen molar-refractivity contribution in [2.24, 2.45) is 0 Å². The number of hydrogen-bond acceptors (Lipinski definition) is 3. The Labute approximate surface area is 144 Å². The fraction of sp³-hybridized carbons (Fsp3) is 0.278. The molecular formula is C18H18N4O3. The predicted molar refractivity (Wildman–Crippen MR) is 91.7 cm³/mol. The van der Waals surface area contributed by atoms with Crippen molar-refractivity contribution in [2.45, 2.75) is 19.0 Å². The summed E-state index contributed by atoms with van der Waals surface area (Å²) in [6, 6.07) is 5.61. The van der Waals surface area contributed by atoms with E-state index in [1.165, 1.54) is 18.0 Å². The maximum atomic E-state index is 12.6. The highest BCUT2D eigenvalue weighted by atomic mass is 16.2. The Morgan fingerprint density at radius 2 is 2.24 bits per heavy atom. The van der Waals surface area contributed by atoms with Gasteiger partial charge in [0.1, 0.15) is 0 Å². The fourth-order valence-corrected chi connectivity index (χ4v) is 3.66. The number of likely N-dealkylation sites (N-methyl/N-ethyl adjacent to an activating group) is 1. The van der Waals surface area contributed by atoms with E-state index in [9.17, 15) is 14.4 Å². The minimum absolute atomic E-state index is 0.173. The lowest BCUT2D eigenvalue weighted by atomic mass is 9.89. The minimum Gasteiger partial charge on any atom is -0.357 e. The van der Waals surface area contributed by atoms with E-state index in [1.54, 1.807) is 4.90 Å². The van der Waals surface area contributed by atoms with Crippen molar-refractivity contribution >= 4 is 28.7 Å². The van der Waals surface area contributed by atoms with Crippen molar-refractivity contribution in [3.63, 3.8) is 0 Å². The summed E-state index contributed by atoms with van der Waals surface area (Å²) in [6.07, 6.45) is 1.23. The van der Waals surface area contributed by atoms with Crippen LogP contribution in [0.2, 0.25) is 0 Å². The molecule has 1 atom stereocenters. The zero-order valence-electron chi connectivity index (χ0n) is 13.8. The highest BCUT2D eigenvalue weighted by molar-refractivity contribution is 6.03. The number of amides is 4. The summed E-state index contributed by atoms with van der Waals surface area (Å²) in [5.41, 5.74) is 3.75. The molecule has 2 aliphatic rings. The van der Waals surface area contributed by atoms with Gasteiger partial charge in [0.05, 0.1) is 12.5 Å². The van der Waals surface area contributed by atoms with Gasteiger partial charge in [0.25, 0.3) is 0 Å². The molecule has 25 heavy (non-hydrogen) atoms. The molecule has 1 aromatic heterocycles. The van der Waals surface area contributed by atoms with Crippen molar-refractivity contribution in [1.29, 1.82) is 0 Å². The van der Waals surface area contributed by atoms with E-state index in [0.29, 0.717) is 19.6 Å². The molecule has 1 fully saturated rings. The minimum atomic E-state index is -0.349. The number of nitrogens with zero attached hydrogens (tertiary/aromatic N) is 2. The Hall–Kier alpha value is -3.09. The Bertz CT molecular complexity index is 930. The Morgan fingerprint density at radius 3 is 3.00 bits per heavy atom. The molecule has 2 aromatic rings. The maximum Gasteiger partial charge on any atom is 0.326 e. The van der Waals surface area contributed by atoms with E-state index in [2.05, 4.69) is 16.9 Å². The molecule has 1 aromatic carbocycles. The third-order valence-electron chi connectivity index (χ3n) is 4.92. The number of urea groups is 1. The largest absolute Gasteiger partial charge is 0.357 e. The molecule has 2 N–H and O–H groups in total. The predicted octanol–water partition coefficient (Wildman–Crippen LogP) is 1.46. The lowest BCUT2D eigenvalue weighted by molar-refractivity contribution is -0.132. The number of hydrogen-bond donors (Lipinski definition) is 2. The van der Waals surface area contributed by atoms with E-state index >= 15 is 0 Å². The summed E-state index contributed by atoms with van der Waals surface area (Å²) in [4.78, 5) is 42.3. The molecule has 7 nitrogen and oxygen atoms in total. The zero-order chi connectivity index (χ0) is 17.7. The monoisotopic (exact) mass is 338 g/mol. The Morgan fingerprint density at radius 1 is 1.44 bits per heavy atom. The molecule has 1 saturated heterocycles. The highest BCUT2D eigenvalue weighted by Crippen LogP contribution is 2.38. The summed E-state index contributed by atoms with van der Waals surface area (Å²) >= 11 is 0. The van der Waals surface area contributed by atoms with Crippen molar-refractivity contribution in [1.82, 2.24) is 20.1 Å².